The molecule has 1 aromatic carbocycles. The van der Waals surface area contributed by atoms with Crippen LogP contribution in [0.15, 0.2) is 12.1 Å². The fraction of sp³-hybridized carbons (Fsp3) is 0.455. The van der Waals surface area contributed by atoms with Gasteiger partial charge in [0.2, 0.25) is 0 Å². The topological polar surface area (TPSA) is 33.3 Å². The standard InChI is InChI=1S/C11H16Cl2N2O/c1-14-4-3-5-15-10-7-8(12)6-9(13)11(10)16-2/h6-7,14-15H,3-5H2,1-2H3. The molecular formula is C11H16Cl2N2O. The third-order valence-electron chi connectivity index (χ3n) is 2.13. The molecule has 0 atom stereocenters. The number of anilines is 1. The van der Waals surface area contributed by atoms with Crippen LogP contribution in [0.2, 0.25) is 10.0 Å². The van der Waals surface area contributed by atoms with Crippen molar-refractivity contribution in [1.82, 2.24) is 5.32 Å². The molecule has 1 aromatic rings. The van der Waals surface area contributed by atoms with Crippen molar-refractivity contribution >= 4 is 28.9 Å². The van der Waals surface area contributed by atoms with E-state index in [0.717, 1.165) is 25.2 Å². The summed E-state index contributed by atoms with van der Waals surface area (Å²) in [5.74, 6) is 0.635. The van der Waals surface area contributed by atoms with Gasteiger partial charge in [0.05, 0.1) is 17.8 Å². The van der Waals surface area contributed by atoms with E-state index >= 15 is 0 Å². The van der Waals surface area contributed by atoms with Gasteiger partial charge in [0, 0.05) is 11.6 Å². The van der Waals surface area contributed by atoms with Crippen molar-refractivity contribution in [3.8, 4) is 5.75 Å². The Morgan fingerprint density at radius 2 is 2.00 bits per heavy atom. The van der Waals surface area contributed by atoms with E-state index in [9.17, 15) is 0 Å². The molecule has 1 rings (SSSR count). The maximum Gasteiger partial charge on any atom is 0.160 e. The molecule has 0 bridgehead atoms. The zero-order chi connectivity index (χ0) is 12.0. The third-order valence-corrected chi connectivity index (χ3v) is 2.63. The number of ether oxygens (including phenoxy) is 1. The van der Waals surface area contributed by atoms with Gasteiger partial charge in [-0.25, -0.2) is 0 Å². The van der Waals surface area contributed by atoms with Gasteiger partial charge < -0.3 is 15.4 Å². The molecule has 2 N–H and O–H groups in total. The molecule has 16 heavy (non-hydrogen) atoms. The Balaban J connectivity index is 2.69. The summed E-state index contributed by atoms with van der Waals surface area (Å²) in [6, 6.07) is 3.48. The first kappa shape index (κ1) is 13.4. The van der Waals surface area contributed by atoms with Crippen LogP contribution in [0.3, 0.4) is 0 Å². The van der Waals surface area contributed by atoms with Crippen LogP contribution in [0.5, 0.6) is 5.75 Å². The van der Waals surface area contributed by atoms with Gasteiger partial charge in [-0.15, -0.1) is 0 Å². The number of hydrogen-bond acceptors (Lipinski definition) is 3. The summed E-state index contributed by atoms with van der Waals surface area (Å²) in [7, 11) is 3.52. The van der Waals surface area contributed by atoms with Crippen LogP contribution in [0.4, 0.5) is 5.69 Å². The molecule has 90 valence electrons. The fourth-order valence-electron chi connectivity index (χ4n) is 1.39. The van der Waals surface area contributed by atoms with Gasteiger partial charge in [-0.2, -0.15) is 0 Å². The molecule has 0 amide bonds. The van der Waals surface area contributed by atoms with Gasteiger partial charge in [0.15, 0.2) is 5.75 Å². The van der Waals surface area contributed by atoms with Crippen LogP contribution in [0.25, 0.3) is 0 Å². The van der Waals surface area contributed by atoms with Gasteiger partial charge in [0.25, 0.3) is 0 Å². The highest BCUT2D eigenvalue weighted by molar-refractivity contribution is 6.36. The van der Waals surface area contributed by atoms with Gasteiger partial charge in [0.1, 0.15) is 0 Å². The second-order valence-corrected chi connectivity index (χ2v) is 4.20. The molecule has 0 saturated heterocycles. The number of methoxy groups -OCH3 is 1. The molecule has 0 aliphatic carbocycles. The maximum atomic E-state index is 6.01. The average molecular weight is 263 g/mol. The van der Waals surface area contributed by atoms with E-state index in [1.165, 1.54) is 0 Å². The summed E-state index contributed by atoms with van der Waals surface area (Å²) in [6.45, 7) is 1.80. The predicted molar refractivity (Wildman–Crippen MR) is 70.0 cm³/mol. The summed E-state index contributed by atoms with van der Waals surface area (Å²) in [4.78, 5) is 0. The Bertz CT molecular complexity index is 345. The largest absolute Gasteiger partial charge is 0.493 e. The van der Waals surface area contributed by atoms with Crippen molar-refractivity contribution in [3.05, 3.63) is 22.2 Å². The van der Waals surface area contributed by atoms with Crippen LogP contribution in [0.1, 0.15) is 6.42 Å². The van der Waals surface area contributed by atoms with E-state index in [1.54, 1.807) is 13.2 Å². The van der Waals surface area contributed by atoms with Crippen LogP contribution in [-0.4, -0.2) is 27.2 Å². The summed E-state index contributed by atoms with van der Waals surface area (Å²) in [5, 5.41) is 7.45. The maximum absolute atomic E-state index is 6.01. The minimum Gasteiger partial charge on any atom is -0.493 e. The lowest BCUT2D eigenvalue weighted by atomic mass is 10.2. The zero-order valence-corrected chi connectivity index (χ0v) is 11.0. The molecule has 0 fully saturated rings. The van der Waals surface area contributed by atoms with Crippen molar-refractivity contribution in [1.29, 1.82) is 0 Å². The van der Waals surface area contributed by atoms with Crippen molar-refractivity contribution < 1.29 is 4.74 Å². The first-order valence-electron chi connectivity index (χ1n) is 5.10. The lowest BCUT2D eigenvalue weighted by Gasteiger charge is -2.13. The highest BCUT2D eigenvalue weighted by Gasteiger charge is 2.08. The number of nitrogens with one attached hydrogen (secondary N) is 2. The van der Waals surface area contributed by atoms with Crippen LogP contribution >= 0.6 is 23.2 Å². The molecule has 0 unspecified atom stereocenters. The van der Waals surface area contributed by atoms with E-state index in [0.29, 0.717) is 15.8 Å². The molecule has 0 aliphatic heterocycles. The van der Waals surface area contributed by atoms with Crippen LogP contribution < -0.4 is 15.4 Å². The third kappa shape index (κ3) is 3.74. The summed E-state index contributed by atoms with van der Waals surface area (Å²) in [5.41, 5.74) is 0.830. The van der Waals surface area contributed by atoms with Gasteiger partial charge in [-0.05, 0) is 32.1 Å². The molecule has 0 aliphatic rings. The molecule has 0 aromatic heterocycles. The van der Waals surface area contributed by atoms with Crippen molar-refractivity contribution in [2.75, 3.05) is 32.6 Å². The normalized spacial score (nSPS) is 10.2. The average Bonchev–Trinajstić information content (AvgIpc) is 2.24. The molecule has 0 radical (unpaired) electrons. The zero-order valence-electron chi connectivity index (χ0n) is 9.44. The van der Waals surface area contributed by atoms with Crippen molar-refractivity contribution in [2.45, 2.75) is 6.42 Å². The number of hydrogen-bond donors (Lipinski definition) is 2. The van der Waals surface area contributed by atoms with Crippen LogP contribution in [-0.2, 0) is 0 Å². The monoisotopic (exact) mass is 262 g/mol. The van der Waals surface area contributed by atoms with Gasteiger partial charge in [-0.3, -0.25) is 0 Å². The van der Waals surface area contributed by atoms with Crippen molar-refractivity contribution in [3.63, 3.8) is 0 Å². The number of halogens is 2. The van der Waals surface area contributed by atoms with E-state index < -0.39 is 0 Å². The Morgan fingerprint density at radius 1 is 1.25 bits per heavy atom. The highest BCUT2D eigenvalue weighted by atomic mass is 35.5. The molecule has 3 nitrogen and oxygen atoms in total. The Morgan fingerprint density at radius 3 is 2.62 bits per heavy atom. The van der Waals surface area contributed by atoms with E-state index in [-0.39, 0.29) is 0 Å². The summed E-state index contributed by atoms with van der Waals surface area (Å²) < 4.78 is 5.22. The Kier molecular flexibility index (Phi) is 5.74. The van der Waals surface area contributed by atoms with Gasteiger partial charge >= 0.3 is 0 Å². The van der Waals surface area contributed by atoms with Gasteiger partial charge in [-0.1, -0.05) is 23.2 Å². The van der Waals surface area contributed by atoms with Crippen molar-refractivity contribution in [2.24, 2.45) is 0 Å². The minimum atomic E-state index is 0.520. The van der Waals surface area contributed by atoms with Crippen LogP contribution in [0, 0.1) is 0 Å². The number of rotatable bonds is 6. The Labute approximate surface area is 106 Å². The summed E-state index contributed by atoms with van der Waals surface area (Å²) >= 11 is 11.9. The minimum absolute atomic E-state index is 0.520. The predicted octanol–water partition coefficient (Wildman–Crippen LogP) is 3.02. The Hall–Kier alpha value is -0.640. The highest BCUT2D eigenvalue weighted by Crippen LogP contribution is 2.35. The number of benzene rings is 1. The molecule has 0 spiro atoms. The summed E-state index contributed by atoms with van der Waals surface area (Å²) in [6.07, 6.45) is 1.02. The molecule has 0 heterocycles. The molecular weight excluding hydrogens is 247 g/mol. The molecule has 0 saturated carbocycles. The lowest BCUT2D eigenvalue weighted by Crippen LogP contribution is -2.13. The quantitative estimate of drug-likeness (QED) is 0.774. The first-order chi connectivity index (χ1) is 7.69. The van der Waals surface area contributed by atoms with E-state index in [1.807, 2.05) is 13.1 Å². The fourth-order valence-corrected chi connectivity index (χ4v) is 1.96. The SMILES string of the molecule is CNCCCNc1cc(Cl)cc(Cl)c1OC. The van der Waals surface area contributed by atoms with E-state index in [4.69, 9.17) is 27.9 Å². The smallest absolute Gasteiger partial charge is 0.160 e. The first-order valence-corrected chi connectivity index (χ1v) is 5.86. The second kappa shape index (κ2) is 6.84. The molecule has 5 heteroatoms. The van der Waals surface area contributed by atoms with E-state index in [2.05, 4.69) is 10.6 Å². The second-order valence-electron chi connectivity index (χ2n) is 3.35. The lowest BCUT2D eigenvalue weighted by molar-refractivity contribution is 0.416.